The van der Waals surface area contributed by atoms with Gasteiger partial charge in [-0.2, -0.15) is 0 Å². The van der Waals surface area contributed by atoms with E-state index in [1.165, 1.54) is 0 Å². The van der Waals surface area contributed by atoms with Gasteiger partial charge < -0.3 is 5.11 Å². The third-order valence-corrected chi connectivity index (χ3v) is 6.88. The maximum atomic E-state index is 12.6. The van der Waals surface area contributed by atoms with E-state index in [1.54, 1.807) is 49.4 Å². The molecule has 0 aliphatic heterocycles. The molecule has 1 aliphatic rings. The average molecular weight is 414 g/mol. The second kappa shape index (κ2) is 7.49. The molecule has 0 radical (unpaired) electrons. The van der Waals surface area contributed by atoms with Crippen molar-refractivity contribution in [1.82, 2.24) is 4.72 Å². The highest BCUT2D eigenvalue weighted by Crippen LogP contribution is 2.31. The first-order valence-corrected chi connectivity index (χ1v) is 10.7. The van der Waals surface area contributed by atoms with E-state index in [1.807, 2.05) is 0 Å². The summed E-state index contributed by atoms with van der Waals surface area (Å²) in [5.74, 6) is 0. The number of halogens is 2. The fourth-order valence-corrected chi connectivity index (χ4v) is 5.00. The van der Waals surface area contributed by atoms with Crippen LogP contribution in [0.2, 0.25) is 10.0 Å². The van der Waals surface area contributed by atoms with Crippen molar-refractivity contribution >= 4 is 33.2 Å². The highest BCUT2D eigenvalue weighted by Gasteiger charge is 2.31. The number of hydrogen-bond acceptors (Lipinski definition) is 3. The van der Waals surface area contributed by atoms with Crippen molar-refractivity contribution in [3.05, 3.63) is 52.5 Å². The fourth-order valence-electron chi connectivity index (χ4n) is 3.18. The van der Waals surface area contributed by atoms with Crippen molar-refractivity contribution in [2.45, 2.75) is 49.1 Å². The fraction of sp³-hybridized carbons (Fsp3) is 0.368. The molecule has 2 aromatic rings. The SMILES string of the molecule is C[C@]1(O)CC[C@H](NS(=O)(=O)c2ccc(-c3ccc(Cl)cc3Cl)cc2)CC1. The molecule has 0 spiro atoms. The Labute approximate surface area is 164 Å². The Morgan fingerprint density at radius 2 is 1.69 bits per heavy atom. The Hall–Kier alpha value is -1.11. The molecule has 1 aliphatic carbocycles. The molecular formula is C19H21Cl2NO3S. The lowest BCUT2D eigenvalue weighted by Crippen LogP contribution is -2.42. The van der Waals surface area contributed by atoms with Gasteiger partial charge in [0, 0.05) is 21.7 Å². The summed E-state index contributed by atoms with van der Waals surface area (Å²) in [6.07, 6.45) is 2.44. The maximum Gasteiger partial charge on any atom is 0.240 e. The Balaban J connectivity index is 1.75. The number of benzene rings is 2. The molecular weight excluding hydrogens is 393 g/mol. The van der Waals surface area contributed by atoms with Crippen molar-refractivity contribution in [1.29, 1.82) is 0 Å². The van der Waals surface area contributed by atoms with Crippen LogP contribution < -0.4 is 4.72 Å². The highest BCUT2D eigenvalue weighted by atomic mass is 35.5. The first-order valence-electron chi connectivity index (χ1n) is 8.46. The second-order valence-corrected chi connectivity index (χ2v) is 9.60. The normalized spacial score (nSPS) is 23.8. The molecule has 0 amide bonds. The van der Waals surface area contributed by atoms with Gasteiger partial charge in [-0.25, -0.2) is 13.1 Å². The molecule has 1 fully saturated rings. The monoisotopic (exact) mass is 413 g/mol. The van der Waals surface area contributed by atoms with Gasteiger partial charge in [0.25, 0.3) is 0 Å². The van der Waals surface area contributed by atoms with Gasteiger partial charge in [-0.3, -0.25) is 0 Å². The summed E-state index contributed by atoms with van der Waals surface area (Å²) in [5, 5.41) is 11.1. The van der Waals surface area contributed by atoms with Crippen LogP contribution in [0.15, 0.2) is 47.4 Å². The molecule has 0 heterocycles. The van der Waals surface area contributed by atoms with Crippen LogP contribution in [0.5, 0.6) is 0 Å². The first-order chi connectivity index (χ1) is 12.2. The minimum Gasteiger partial charge on any atom is -0.390 e. The van der Waals surface area contributed by atoms with E-state index >= 15 is 0 Å². The Morgan fingerprint density at radius 3 is 2.27 bits per heavy atom. The van der Waals surface area contributed by atoms with Crippen molar-refractivity contribution in [2.24, 2.45) is 0 Å². The molecule has 2 N–H and O–H groups in total. The van der Waals surface area contributed by atoms with Crippen molar-refractivity contribution in [2.75, 3.05) is 0 Å². The van der Waals surface area contributed by atoms with E-state index in [-0.39, 0.29) is 10.9 Å². The molecule has 0 unspecified atom stereocenters. The summed E-state index contributed by atoms with van der Waals surface area (Å²) in [5.41, 5.74) is 0.920. The lowest BCUT2D eigenvalue weighted by molar-refractivity contribution is 0.0163. The zero-order valence-corrected chi connectivity index (χ0v) is 16.7. The highest BCUT2D eigenvalue weighted by molar-refractivity contribution is 7.89. The van der Waals surface area contributed by atoms with Crippen molar-refractivity contribution < 1.29 is 13.5 Å². The number of aliphatic hydroxyl groups is 1. The third-order valence-electron chi connectivity index (χ3n) is 4.79. The van der Waals surface area contributed by atoms with E-state index in [0.29, 0.717) is 35.7 Å². The van der Waals surface area contributed by atoms with Gasteiger partial charge in [0.1, 0.15) is 0 Å². The van der Waals surface area contributed by atoms with Gasteiger partial charge in [-0.05, 0) is 62.4 Å². The molecule has 3 rings (SSSR count). The van der Waals surface area contributed by atoms with Gasteiger partial charge >= 0.3 is 0 Å². The van der Waals surface area contributed by atoms with Crippen LogP contribution in [0.4, 0.5) is 0 Å². The zero-order chi connectivity index (χ0) is 18.9. The molecule has 0 saturated heterocycles. The number of sulfonamides is 1. The summed E-state index contributed by atoms with van der Waals surface area (Å²) in [7, 11) is -3.60. The molecule has 0 atom stereocenters. The van der Waals surface area contributed by atoms with E-state index in [4.69, 9.17) is 23.2 Å². The van der Waals surface area contributed by atoms with Crippen LogP contribution in [-0.2, 0) is 10.0 Å². The van der Waals surface area contributed by atoms with Gasteiger partial charge in [0.15, 0.2) is 0 Å². The largest absolute Gasteiger partial charge is 0.390 e. The minimum atomic E-state index is -3.60. The summed E-state index contributed by atoms with van der Waals surface area (Å²) in [6, 6.07) is 11.7. The maximum absolute atomic E-state index is 12.6. The summed E-state index contributed by atoms with van der Waals surface area (Å²) < 4.78 is 28.0. The smallest absolute Gasteiger partial charge is 0.240 e. The molecule has 0 aromatic heterocycles. The van der Waals surface area contributed by atoms with Crippen LogP contribution in [-0.4, -0.2) is 25.2 Å². The number of nitrogens with one attached hydrogen (secondary N) is 1. The van der Waals surface area contributed by atoms with Crippen LogP contribution >= 0.6 is 23.2 Å². The molecule has 140 valence electrons. The molecule has 26 heavy (non-hydrogen) atoms. The predicted molar refractivity (Wildman–Crippen MR) is 105 cm³/mol. The molecule has 4 nitrogen and oxygen atoms in total. The summed E-state index contributed by atoms with van der Waals surface area (Å²) in [4.78, 5) is 0.212. The van der Waals surface area contributed by atoms with Crippen LogP contribution in [0.3, 0.4) is 0 Å². The van der Waals surface area contributed by atoms with Crippen molar-refractivity contribution in [3.63, 3.8) is 0 Å². The standard InChI is InChI=1S/C19H21Cl2NO3S/c1-19(23)10-8-15(9-11-19)22-26(24,25)16-5-2-13(3-6-16)17-7-4-14(20)12-18(17)21/h2-7,12,15,22-23H,8-11H2,1H3/t15-,19-. The van der Waals surface area contributed by atoms with E-state index in [2.05, 4.69) is 4.72 Å². The Morgan fingerprint density at radius 1 is 1.08 bits per heavy atom. The summed E-state index contributed by atoms with van der Waals surface area (Å²) >= 11 is 12.1. The molecule has 1 saturated carbocycles. The average Bonchev–Trinajstić information content (AvgIpc) is 2.57. The van der Waals surface area contributed by atoms with Gasteiger partial charge in [0.05, 0.1) is 10.5 Å². The van der Waals surface area contributed by atoms with Gasteiger partial charge in [-0.1, -0.05) is 41.4 Å². The van der Waals surface area contributed by atoms with Crippen molar-refractivity contribution in [3.8, 4) is 11.1 Å². The Bertz CT molecular complexity index is 886. The third kappa shape index (κ3) is 4.59. The predicted octanol–water partition coefficient (Wildman–Crippen LogP) is 4.63. The topological polar surface area (TPSA) is 66.4 Å². The quantitative estimate of drug-likeness (QED) is 0.767. The van der Waals surface area contributed by atoms with Crippen LogP contribution in [0.25, 0.3) is 11.1 Å². The van der Waals surface area contributed by atoms with Crippen LogP contribution in [0, 0.1) is 0 Å². The molecule has 7 heteroatoms. The van der Waals surface area contributed by atoms with Crippen LogP contribution in [0.1, 0.15) is 32.6 Å². The van der Waals surface area contributed by atoms with E-state index in [0.717, 1.165) is 11.1 Å². The van der Waals surface area contributed by atoms with E-state index < -0.39 is 15.6 Å². The first kappa shape index (κ1) is 19.6. The number of rotatable bonds is 4. The van der Waals surface area contributed by atoms with Gasteiger partial charge in [-0.15, -0.1) is 0 Å². The lowest BCUT2D eigenvalue weighted by atomic mass is 9.84. The molecule has 0 bridgehead atoms. The zero-order valence-electron chi connectivity index (χ0n) is 14.4. The Kier molecular flexibility index (Phi) is 5.66. The van der Waals surface area contributed by atoms with Gasteiger partial charge in [0.2, 0.25) is 10.0 Å². The number of hydrogen-bond donors (Lipinski definition) is 2. The van der Waals surface area contributed by atoms with E-state index in [9.17, 15) is 13.5 Å². The molecule has 2 aromatic carbocycles. The lowest BCUT2D eigenvalue weighted by Gasteiger charge is -2.33. The second-order valence-electron chi connectivity index (χ2n) is 7.04. The minimum absolute atomic E-state index is 0.148. The summed E-state index contributed by atoms with van der Waals surface area (Å²) in [6.45, 7) is 1.79.